The lowest BCUT2D eigenvalue weighted by Gasteiger charge is -1.85. The third kappa shape index (κ3) is 5.33. The highest BCUT2D eigenvalue weighted by molar-refractivity contribution is 7.36. The summed E-state index contributed by atoms with van der Waals surface area (Å²) < 4.78 is 9.47. The molecule has 0 spiro atoms. The first kappa shape index (κ1) is 6.33. The van der Waals surface area contributed by atoms with Gasteiger partial charge in [-0.25, -0.2) is 14.4 Å². The van der Waals surface area contributed by atoms with Crippen molar-refractivity contribution in [2.45, 2.75) is 0 Å². The molecule has 1 unspecified atom stereocenters. The van der Waals surface area contributed by atoms with Gasteiger partial charge in [-0.2, -0.15) is 0 Å². The van der Waals surface area contributed by atoms with Crippen LogP contribution in [-0.2, 0) is 4.57 Å². The zero-order valence-corrected chi connectivity index (χ0v) is 4.05. The zero-order chi connectivity index (χ0) is 5.86. The summed E-state index contributed by atoms with van der Waals surface area (Å²) in [5.74, 6) is 0. The van der Waals surface area contributed by atoms with Gasteiger partial charge >= 0.3 is 14.3 Å². The highest BCUT2D eigenvalue weighted by Crippen LogP contribution is 2.02. The number of carboxylic acid groups (broad SMARTS) is 1. The molecule has 6 heteroatoms. The molecule has 0 saturated carbocycles. The molecule has 0 aromatic heterocycles. The first-order chi connectivity index (χ1) is 3.13. The van der Waals surface area contributed by atoms with E-state index >= 15 is 0 Å². The molecule has 0 bridgehead atoms. The summed E-state index contributed by atoms with van der Waals surface area (Å²) in [5.41, 5.74) is 0. The SMILES string of the molecule is O=C(O)N[P](=O)O. The molecule has 7 heavy (non-hydrogen) atoms. The smallest absolute Gasteiger partial charge is 0.415 e. The van der Waals surface area contributed by atoms with Crippen LogP contribution >= 0.6 is 8.18 Å². The van der Waals surface area contributed by atoms with Gasteiger partial charge in [-0.15, -0.1) is 0 Å². The second-order valence-electron chi connectivity index (χ2n) is 0.690. The van der Waals surface area contributed by atoms with Crippen molar-refractivity contribution in [3.8, 4) is 0 Å². The molecule has 0 aliphatic heterocycles. The molecule has 1 atom stereocenters. The summed E-state index contributed by atoms with van der Waals surface area (Å²) in [6, 6.07) is 0. The molecule has 0 rings (SSSR count). The van der Waals surface area contributed by atoms with Gasteiger partial charge in [0.15, 0.2) is 0 Å². The largest absolute Gasteiger partial charge is 0.465 e. The third-order valence-corrected chi connectivity index (χ3v) is 0.574. The summed E-state index contributed by atoms with van der Waals surface area (Å²) in [6.07, 6.45) is -1.50. The van der Waals surface area contributed by atoms with E-state index in [4.69, 9.17) is 10.00 Å². The highest BCUT2D eigenvalue weighted by Gasteiger charge is 1.95. The summed E-state index contributed by atoms with van der Waals surface area (Å²) in [5, 5.41) is 8.92. The molecule has 0 aromatic rings. The molecular formula is CH3NO4P. The van der Waals surface area contributed by atoms with Crippen molar-refractivity contribution in [3.63, 3.8) is 0 Å². The fourth-order valence-electron chi connectivity index (χ4n) is 0.0818. The van der Waals surface area contributed by atoms with Gasteiger partial charge in [-0.1, -0.05) is 0 Å². The van der Waals surface area contributed by atoms with E-state index in [1.54, 1.807) is 0 Å². The number of rotatable bonds is 1. The van der Waals surface area contributed by atoms with Crippen LogP contribution in [0.3, 0.4) is 0 Å². The Morgan fingerprint density at radius 2 is 2.14 bits per heavy atom. The molecule has 3 N–H and O–H groups in total. The minimum absolute atomic E-state index is 1.29. The molecule has 0 aliphatic rings. The maximum atomic E-state index is 9.47. The predicted molar refractivity (Wildman–Crippen MR) is 21.0 cm³/mol. The fraction of sp³-hybridized carbons (Fsp3) is 0. The quantitative estimate of drug-likeness (QED) is 0.426. The number of hydrogen-bond donors (Lipinski definition) is 3. The minimum atomic E-state index is -2.74. The molecule has 1 radical (unpaired) electrons. The summed E-state index contributed by atoms with van der Waals surface area (Å²) in [7, 11) is -2.74. The molecule has 0 saturated heterocycles. The zero-order valence-electron chi connectivity index (χ0n) is 3.16. The van der Waals surface area contributed by atoms with E-state index in [2.05, 4.69) is 0 Å². The lowest BCUT2D eigenvalue weighted by Crippen LogP contribution is -2.10. The Hall–Kier alpha value is -0.670. The maximum absolute atomic E-state index is 9.47. The lowest BCUT2D eigenvalue weighted by molar-refractivity contribution is 0.200. The van der Waals surface area contributed by atoms with Crippen molar-refractivity contribution in [1.82, 2.24) is 5.09 Å². The Morgan fingerprint density at radius 3 is 2.14 bits per heavy atom. The molecule has 41 valence electrons. The Morgan fingerprint density at radius 1 is 1.71 bits per heavy atom. The van der Waals surface area contributed by atoms with Gasteiger partial charge in [-0.3, -0.25) is 0 Å². The van der Waals surface area contributed by atoms with E-state index in [-0.39, 0.29) is 0 Å². The average molecular weight is 124 g/mol. The van der Waals surface area contributed by atoms with E-state index in [1.165, 1.54) is 5.09 Å². The topological polar surface area (TPSA) is 86.6 Å². The first-order valence-corrected chi connectivity index (χ1v) is 2.50. The van der Waals surface area contributed by atoms with Gasteiger partial charge in [0.1, 0.15) is 0 Å². The lowest BCUT2D eigenvalue weighted by atomic mass is 11.3. The van der Waals surface area contributed by atoms with Gasteiger partial charge in [0.05, 0.1) is 0 Å². The fourth-order valence-corrected chi connectivity index (χ4v) is 0.245. The van der Waals surface area contributed by atoms with Crippen molar-refractivity contribution in [2.24, 2.45) is 0 Å². The van der Waals surface area contributed by atoms with Crippen LogP contribution in [0, 0.1) is 0 Å². The normalized spacial score (nSPS) is 10.1. The molecule has 0 fully saturated rings. The van der Waals surface area contributed by atoms with Gasteiger partial charge in [0, 0.05) is 0 Å². The van der Waals surface area contributed by atoms with Crippen molar-refractivity contribution < 1.29 is 19.4 Å². The van der Waals surface area contributed by atoms with Crippen LogP contribution < -0.4 is 5.09 Å². The maximum Gasteiger partial charge on any atom is 0.415 e. The van der Waals surface area contributed by atoms with Crippen LogP contribution in [-0.4, -0.2) is 16.1 Å². The van der Waals surface area contributed by atoms with E-state index in [0.29, 0.717) is 0 Å². The van der Waals surface area contributed by atoms with E-state index in [0.717, 1.165) is 0 Å². The van der Waals surface area contributed by atoms with Crippen LogP contribution in [0.1, 0.15) is 0 Å². The minimum Gasteiger partial charge on any atom is -0.465 e. The van der Waals surface area contributed by atoms with Crippen molar-refractivity contribution in [1.29, 1.82) is 0 Å². The van der Waals surface area contributed by atoms with Crippen LogP contribution in [0.25, 0.3) is 0 Å². The van der Waals surface area contributed by atoms with Crippen LogP contribution in [0.5, 0.6) is 0 Å². The predicted octanol–water partition coefficient (Wildman–Crippen LogP) is -0.0963. The third-order valence-electron chi connectivity index (χ3n) is 0.191. The molecule has 0 aliphatic carbocycles. The summed E-state index contributed by atoms with van der Waals surface area (Å²) in [6.45, 7) is 0. The number of carbonyl (C=O) groups is 1. The Kier molecular flexibility index (Phi) is 2.26. The van der Waals surface area contributed by atoms with Crippen molar-refractivity contribution >= 4 is 14.3 Å². The molecule has 5 nitrogen and oxygen atoms in total. The Balaban J connectivity index is 3.32. The first-order valence-electron chi connectivity index (χ1n) is 1.28. The number of nitrogens with one attached hydrogen (secondary N) is 1. The number of amides is 1. The van der Waals surface area contributed by atoms with Crippen LogP contribution in [0.2, 0.25) is 0 Å². The van der Waals surface area contributed by atoms with Crippen molar-refractivity contribution in [2.75, 3.05) is 0 Å². The Labute approximate surface area is 39.9 Å². The standard InChI is InChI=1S/CH3NO4P/c3-1(4)2-7(5)6/h(H,3,4)(H2,2,5,6). The number of hydrogen-bond acceptors (Lipinski definition) is 2. The van der Waals surface area contributed by atoms with Crippen LogP contribution in [0.15, 0.2) is 0 Å². The van der Waals surface area contributed by atoms with Crippen molar-refractivity contribution in [3.05, 3.63) is 0 Å². The van der Waals surface area contributed by atoms with Gasteiger partial charge < -0.3 is 10.00 Å². The second-order valence-corrected chi connectivity index (χ2v) is 1.46. The van der Waals surface area contributed by atoms with Gasteiger partial charge in [-0.05, 0) is 0 Å². The van der Waals surface area contributed by atoms with Crippen LogP contribution in [0.4, 0.5) is 4.79 Å². The highest BCUT2D eigenvalue weighted by atomic mass is 31.1. The molecular weight excluding hydrogens is 121 g/mol. The second kappa shape index (κ2) is 2.49. The van der Waals surface area contributed by atoms with Gasteiger partial charge in [0.25, 0.3) is 0 Å². The molecule has 0 aromatic carbocycles. The monoisotopic (exact) mass is 124 g/mol. The molecule has 1 amide bonds. The van der Waals surface area contributed by atoms with E-state index < -0.39 is 14.3 Å². The molecule has 0 heterocycles. The van der Waals surface area contributed by atoms with E-state index in [1.807, 2.05) is 0 Å². The summed E-state index contributed by atoms with van der Waals surface area (Å²) >= 11 is 0. The Bertz CT molecular complexity index is 87.9. The van der Waals surface area contributed by atoms with E-state index in [9.17, 15) is 9.36 Å². The van der Waals surface area contributed by atoms with Gasteiger partial charge in [0.2, 0.25) is 0 Å². The average Bonchev–Trinajstić information content (AvgIpc) is 1.27. The summed E-state index contributed by atoms with van der Waals surface area (Å²) in [4.78, 5) is 17.1.